The van der Waals surface area contributed by atoms with Crippen molar-refractivity contribution in [3.05, 3.63) is 89.5 Å². The molecule has 0 aromatic heterocycles. The van der Waals surface area contributed by atoms with Crippen molar-refractivity contribution < 1.29 is 4.74 Å². The van der Waals surface area contributed by atoms with Crippen LogP contribution < -0.4 is 4.90 Å². The van der Waals surface area contributed by atoms with Gasteiger partial charge >= 0.3 is 0 Å². The minimum atomic E-state index is 0.677. The molecule has 1 fully saturated rings. The Hall–Kier alpha value is -2.27. The lowest BCUT2D eigenvalue weighted by atomic mass is 10.2. The molecule has 1 heterocycles. The number of nitrogens with zero attached hydrogens (tertiary/aromatic N) is 2. The van der Waals surface area contributed by atoms with Crippen LogP contribution in [0.2, 0.25) is 0 Å². The van der Waals surface area contributed by atoms with E-state index in [1.54, 1.807) is 0 Å². The van der Waals surface area contributed by atoms with Crippen molar-refractivity contribution >= 4 is 17.4 Å². The number of piperazine rings is 1. The number of hydrogen-bond donors (Lipinski definition) is 0. The molecule has 1 aliphatic rings. The molecule has 156 valence electrons. The third-order valence-electron chi connectivity index (χ3n) is 5.51. The van der Waals surface area contributed by atoms with Gasteiger partial charge in [-0.2, -0.15) is 0 Å². The number of anilines is 1. The molecule has 3 aromatic rings. The Labute approximate surface area is 184 Å². The molecular formula is C26H30N2OS. The van der Waals surface area contributed by atoms with Gasteiger partial charge in [0, 0.05) is 36.0 Å². The quantitative estimate of drug-likeness (QED) is 0.485. The number of ether oxygens (including phenoxy) is 1. The second kappa shape index (κ2) is 10.2. The molecule has 4 heteroatoms. The van der Waals surface area contributed by atoms with E-state index in [2.05, 4.69) is 90.4 Å². The van der Waals surface area contributed by atoms with Crippen LogP contribution in [0.15, 0.2) is 82.6 Å². The molecule has 4 rings (SSSR count). The maximum Gasteiger partial charge on any atom is 0.0996 e. The Bertz CT molecular complexity index is 952. The third kappa shape index (κ3) is 5.45. The predicted molar refractivity (Wildman–Crippen MR) is 126 cm³/mol. The lowest BCUT2D eigenvalue weighted by Gasteiger charge is -2.36. The standard InChI is InChI=1S/C26H30N2OS/c1-21-12-13-25(22(2)18-21)30-26-11-7-6-10-24(26)28-16-14-27(15-17-28)20-29-19-23-8-4-3-5-9-23/h3-13,18H,14-17,19-20H2,1-2H3. The average molecular weight is 419 g/mol. The first-order valence-electron chi connectivity index (χ1n) is 10.6. The van der Waals surface area contributed by atoms with Crippen molar-refractivity contribution in [3.63, 3.8) is 0 Å². The van der Waals surface area contributed by atoms with Gasteiger partial charge in [0.1, 0.15) is 0 Å². The minimum Gasteiger partial charge on any atom is -0.368 e. The van der Waals surface area contributed by atoms with Gasteiger partial charge in [-0.25, -0.2) is 0 Å². The van der Waals surface area contributed by atoms with Crippen LogP contribution in [-0.2, 0) is 11.3 Å². The van der Waals surface area contributed by atoms with E-state index in [1.165, 1.54) is 32.2 Å². The Kier molecular flexibility index (Phi) is 7.11. The highest BCUT2D eigenvalue weighted by atomic mass is 32.2. The maximum absolute atomic E-state index is 5.93. The largest absolute Gasteiger partial charge is 0.368 e. The van der Waals surface area contributed by atoms with Crippen LogP contribution >= 0.6 is 11.8 Å². The summed E-state index contributed by atoms with van der Waals surface area (Å²) in [7, 11) is 0. The fraction of sp³-hybridized carbons (Fsp3) is 0.308. The zero-order chi connectivity index (χ0) is 20.8. The topological polar surface area (TPSA) is 15.7 Å². The van der Waals surface area contributed by atoms with Crippen LogP contribution in [0.25, 0.3) is 0 Å². The predicted octanol–water partition coefficient (Wildman–Crippen LogP) is 5.75. The lowest BCUT2D eigenvalue weighted by molar-refractivity contribution is 0.0161. The van der Waals surface area contributed by atoms with Crippen molar-refractivity contribution in [3.8, 4) is 0 Å². The molecule has 0 unspecified atom stereocenters. The zero-order valence-corrected chi connectivity index (χ0v) is 18.7. The van der Waals surface area contributed by atoms with E-state index >= 15 is 0 Å². The lowest BCUT2D eigenvalue weighted by Crippen LogP contribution is -2.47. The van der Waals surface area contributed by atoms with Crippen LogP contribution in [0, 0.1) is 13.8 Å². The van der Waals surface area contributed by atoms with E-state index in [1.807, 2.05) is 17.8 Å². The van der Waals surface area contributed by atoms with E-state index in [9.17, 15) is 0 Å². The Balaban J connectivity index is 1.33. The monoisotopic (exact) mass is 418 g/mol. The zero-order valence-electron chi connectivity index (χ0n) is 17.9. The normalized spacial score (nSPS) is 14.8. The van der Waals surface area contributed by atoms with Crippen LogP contribution in [0.4, 0.5) is 5.69 Å². The summed E-state index contributed by atoms with van der Waals surface area (Å²) >= 11 is 1.88. The number of benzene rings is 3. The Morgan fingerprint density at radius 3 is 2.30 bits per heavy atom. The first-order chi connectivity index (χ1) is 14.7. The van der Waals surface area contributed by atoms with Crippen molar-refractivity contribution in [2.75, 3.05) is 37.8 Å². The van der Waals surface area contributed by atoms with Crippen molar-refractivity contribution in [2.24, 2.45) is 0 Å². The van der Waals surface area contributed by atoms with E-state index in [0.29, 0.717) is 13.3 Å². The van der Waals surface area contributed by atoms with Gasteiger partial charge in [0.25, 0.3) is 0 Å². The van der Waals surface area contributed by atoms with Crippen LogP contribution in [-0.4, -0.2) is 37.8 Å². The Morgan fingerprint density at radius 2 is 1.53 bits per heavy atom. The second-order valence-corrected chi connectivity index (χ2v) is 8.99. The summed E-state index contributed by atoms with van der Waals surface area (Å²) < 4.78 is 5.93. The number of para-hydroxylation sites is 1. The van der Waals surface area contributed by atoms with Gasteiger partial charge in [0.05, 0.1) is 19.0 Å². The van der Waals surface area contributed by atoms with Crippen molar-refractivity contribution in [1.29, 1.82) is 0 Å². The molecule has 3 nitrogen and oxygen atoms in total. The van der Waals surface area contributed by atoms with E-state index in [0.717, 1.165) is 26.2 Å². The van der Waals surface area contributed by atoms with Gasteiger partial charge in [-0.1, -0.05) is 71.9 Å². The number of aryl methyl sites for hydroxylation is 2. The number of rotatable bonds is 7. The van der Waals surface area contributed by atoms with Crippen molar-refractivity contribution in [1.82, 2.24) is 4.90 Å². The van der Waals surface area contributed by atoms with Crippen LogP contribution in [0.1, 0.15) is 16.7 Å². The summed E-state index contributed by atoms with van der Waals surface area (Å²) in [6.45, 7) is 9.83. The molecular weight excluding hydrogens is 388 g/mol. The molecule has 0 N–H and O–H groups in total. The molecule has 0 atom stereocenters. The smallest absolute Gasteiger partial charge is 0.0996 e. The molecule has 1 aliphatic heterocycles. The van der Waals surface area contributed by atoms with Gasteiger partial charge in [0.15, 0.2) is 0 Å². The van der Waals surface area contributed by atoms with Gasteiger partial charge in [0.2, 0.25) is 0 Å². The van der Waals surface area contributed by atoms with Crippen molar-refractivity contribution in [2.45, 2.75) is 30.2 Å². The fourth-order valence-electron chi connectivity index (χ4n) is 3.82. The van der Waals surface area contributed by atoms with Crippen LogP contribution in [0.5, 0.6) is 0 Å². The molecule has 0 saturated carbocycles. The van der Waals surface area contributed by atoms with E-state index < -0.39 is 0 Å². The summed E-state index contributed by atoms with van der Waals surface area (Å²) in [6, 6.07) is 25.9. The fourth-order valence-corrected chi connectivity index (χ4v) is 4.86. The second-order valence-electron chi connectivity index (χ2n) is 7.91. The molecule has 30 heavy (non-hydrogen) atoms. The molecule has 0 spiro atoms. The SMILES string of the molecule is Cc1ccc(Sc2ccccc2N2CCN(COCc3ccccc3)CC2)c(C)c1. The highest BCUT2D eigenvalue weighted by Gasteiger charge is 2.19. The maximum atomic E-state index is 5.93. The molecule has 3 aromatic carbocycles. The molecule has 1 saturated heterocycles. The van der Waals surface area contributed by atoms with Gasteiger partial charge in [-0.3, -0.25) is 4.90 Å². The summed E-state index contributed by atoms with van der Waals surface area (Å²) in [4.78, 5) is 7.58. The summed E-state index contributed by atoms with van der Waals surface area (Å²) in [5, 5.41) is 0. The molecule has 0 bridgehead atoms. The highest BCUT2D eigenvalue weighted by Crippen LogP contribution is 2.37. The highest BCUT2D eigenvalue weighted by molar-refractivity contribution is 7.99. The van der Waals surface area contributed by atoms with E-state index in [-0.39, 0.29) is 0 Å². The minimum absolute atomic E-state index is 0.677. The number of hydrogen-bond acceptors (Lipinski definition) is 4. The van der Waals surface area contributed by atoms with E-state index in [4.69, 9.17) is 4.74 Å². The Morgan fingerprint density at radius 1 is 0.800 bits per heavy atom. The molecule has 0 radical (unpaired) electrons. The van der Waals surface area contributed by atoms with Crippen LogP contribution in [0.3, 0.4) is 0 Å². The average Bonchev–Trinajstić information content (AvgIpc) is 2.77. The summed E-state index contributed by atoms with van der Waals surface area (Å²) in [5.74, 6) is 0. The first kappa shape index (κ1) is 21.0. The van der Waals surface area contributed by atoms with Gasteiger partial charge in [-0.15, -0.1) is 0 Å². The van der Waals surface area contributed by atoms with Gasteiger partial charge in [-0.05, 0) is 43.2 Å². The third-order valence-corrected chi connectivity index (χ3v) is 6.76. The first-order valence-corrected chi connectivity index (χ1v) is 11.4. The summed E-state index contributed by atoms with van der Waals surface area (Å²) in [6.07, 6.45) is 0. The molecule has 0 amide bonds. The summed E-state index contributed by atoms with van der Waals surface area (Å²) in [5.41, 5.74) is 5.23. The van der Waals surface area contributed by atoms with Gasteiger partial charge < -0.3 is 9.64 Å². The molecule has 0 aliphatic carbocycles.